The number of carbonyl (C=O) groups excluding carboxylic acids is 1. The molecule has 0 fully saturated rings. The molecule has 3 rings (SSSR count). The minimum Gasteiger partial charge on any atom is -0.387 e. The van der Waals surface area contributed by atoms with Gasteiger partial charge >= 0.3 is 0 Å². The number of nitrogens with two attached hydrogens (primary N) is 1. The number of hydrogen-bond acceptors (Lipinski definition) is 6. The van der Waals surface area contributed by atoms with E-state index < -0.39 is 6.10 Å². The van der Waals surface area contributed by atoms with E-state index in [1.165, 1.54) is 11.3 Å². The summed E-state index contributed by atoms with van der Waals surface area (Å²) in [6, 6.07) is 17.3. The molecule has 0 spiro atoms. The molecule has 1 aromatic heterocycles. The van der Waals surface area contributed by atoms with E-state index in [9.17, 15) is 9.90 Å². The molecule has 7 heteroatoms. The van der Waals surface area contributed by atoms with Crippen molar-refractivity contribution in [1.82, 2.24) is 10.3 Å². The highest BCUT2D eigenvalue weighted by molar-refractivity contribution is 7.17. The minimum atomic E-state index is -0.511. The number of hydrogen-bond donors (Lipinski definition) is 4. The first kappa shape index (κ1) is 20.0. The Kier molecular flexibility index (Phi) is 6.76. The van der Waals surface area contributed by atoms with Gasteiger partial charge in [0.05, 0.1) is 11.8 Å². The zero-order valence-corrected chi connectivity index (χ0v) is 16.5. The van der Waals surface area contributed by atoms with Crippen molar-refractivity contribution in [3.63, 3.8) is 0 Å². The fraction of sp³-hybridized carbons (Fsp3) is 0.238. The monoisotopic (exact) mass is 396 g/mol. The van der Waals surface area contributed by atoms with Crippen LogP contribution in [0.5, 0.6) is 0 Å². The average Bonchev–Trinajstić information content (AvgIpc) is 3.05. The Morgan fingerprint density at radius 1 is 1.18 bits per heavy atom. The summed E-state index contributed by atoms with van der Waals surface area (Å²) in [4.78, 5) is 16.9. The lowest BCUT2D eigenvalue weighted by molar-refractivity contribution is 0.103. The van der Waals surface area contributed by atoms with Gasteiger partial charge in [-0.2, -0.15) is 0 Å². The molecule has 0 aliphatic heterocycles. The van der Waals surface area contributed by atoms with Crippen LogP contribution in [0.2, 0.25) is 0 Å². The van der Waals surface area contributed by atoms with Crippen LogP contribution >= 0.6 is 11.3 Å². The van der Waals surface area contributed by atoms with Gasteiger partial charge in [-0.05, 0) is 43.1 Å². The van der Waals surface area contributed by atoms with Gasteiger partial charge in [0.25, 0.3) is 5.91 Å². The molecule has 146 valence electrons. The van der Waals surface area contributed by atoms with Crippen LogP contribution in [-0.2, 0) is 6.42 Å². The van der Waals surface area contributed by atoms with E-state index >= 15 is 0 Å². The lowest BCUT2D eigenvalue weighted by atomic mass is 10.1. The summed E-state index contributed by atoms with van der Waals surface area (Å²) in [6.45, 7) is 3.04. The van der Waals surface area contributed by atoms with Crippen LogP contribution in [-0.4, -0.2) is 29.1 Å². The average molecular weight is 397 g/mol. The summed E-state index contributed by atoms with van der Waals surface area (Å²) in [7, 11) is 0. The molecule has 1 heterocycles. The third-order valence-corrected chi connectivity index (χ3v) is 5.33. The molecular formula is C21H24N4O2S. The Morgan fingerprint density at radius 3 is 2.54 bits per heavy atom. The molecule has 3 aromatic rings. The molecule has 2 aromatic carbocycles. The van der Waals surface area contributed by atoms with Gasteiger partial charge in [0.15, 0.2) is 5.13 Å². The number of amides is 1. The zero-order chi connectivity index (χ0) is 19.9. The summed E-state index contributed by atoms with van der Waals surface area (Å²) in [5.74, 6) is -0.198. The molecule has 0 saturated heterocycles. The number of thiazole rings is 1. The van der Waals surface area contributed by atoms with E-state index in [1.807, 2.05) is 54.6 Å². The molecule has 6 nitrogen and oxygen atoms in total. The minimum absolute atomic E-state index is 0.198. The van der Waals surface area contributed by atoms with Crippen molar-refractivity contribution < 1.29 is 9.90 Å². The van der Waals surface area contributed by atoms with Crippen molar-refractivity contribution in [3.05, 3.63) is 76.3 Å². The first-order valence-corrected chi connectivity index (χ1v) is 9.91. The molecule has 0 radical (unpaired) electrons. The van der Waals surface area contributed by atoms with Crippen molar-refractivity contribution >= 4 is 28.1 Å². The normalized spacial score (nSPS) is 11.9. The maximum Gasteiger partial charge on any atom is 0.267 e. The van der Waals surface area contributed by atoms with Crippen molar-refractivity contribution in [2.24, 2.45) is 0 Å². The highest BCUT2D eigenvalue weighted by Gasteiger charge is 2.14. The van der Waals surface area contributed by atoms with Crippen molar-refractivity contribution in [2.75, 3.05) is 24.1 Å². The predicted molar refractivity (Wildman–Crippen MR) is 114 cm³/mol. The molecule has 0 bridgehead atoms. The molecule has 0 aliphatic rings. The lowest BCUT2D eigenvalue weighted by Crippen LogP contribution is -2.23. The Morgan fingerprint density at radius 2 is 1.89 bits per heavy atom. The third-order valence-electron chi connectivity index (χ3n) is 4.34. The Labute approximate surface area is 168 Å². The molecule has 1 amide bonds. The number of aryl methyl sites for hydroxylation is 1. The van der Waals surface area contributed by atoms with E-state index in [1.54, 1.807) is 6.92 Å². The van der Waals surface area contributed by atoms with Gasteiger partial charge in [-0.3, -0.25) is 4.79 Å². The SMILES string of the molecule is Cc1nc(N)sc1C(=O)Nc1ccc(CCNCC(O)c2ccccc2)cc1. The van der Waals surface area contributed by atoms with E-state index in [2.05, 4.69) is 15.6 Å². The number of carbonyl (C=O) groups is 1. The number of rotatable bonds is 8. The molecule has 0 saturated carbocycles. The zero-order valence-electron chi connectivity index (χ0n) is 15.7. The summed E-state index contributed by atoms with van der Waals surface area (Å²) < 4.78 is 0. The maximum atomic E-state index is 12.3. The van der Waals surface area contributed by atoms with Crippen molar-refractivity contribution in [3.8, 4) is 0 Å². The van der Waals surface area contributed by atoms with Crippen LogP contribution in [0.15, 0.2) is 54.6 Å². The summed E-state index contributed by atoms with van der Waals surface area (Å²) >= 11 is 1.18. The number of nitrogen functional groups attached to an aromatic ring is 1. The molecule has 5 N–H and O–H groups in total. The van der Waals surface area contributed by atoms with Crippen LogP contribution in [0, 0.1) is 6.92 Å². The van der Waals surface area contributed by atoms with E-state index in [4.69, 9.17) is 5.73 Å². The fourth-order valence-corrected chi connectivity index (χ4v) is 3.56. The largest absolute Gasteiger partial charge is 0.387 e. The smallest absolute Gasteiger partial charge is 0.267 e. The lowest BCUT2D eigenvalue weighted by Gasteiger charge is -2.12. The van der Waals surface area contributed by atoms with Crippen LogP contribution in [0.1, 0.15) is 32.6 Å². The second-order valence-electron chi connectivity index (χ2n) is 6.50. The molecular weight excluding hydrogens is 372 g/mol. The van der Waals surface area contributed by atoms with Crippen LogP contribution < -0.4 is 16.4 Å². The number of aromatic nitrogens is 1. The van der Waals surface area contributed by atoms with E-state index in [-0.39, 0.29) is 5.91 Å². The highest BCUT2D eigenvalue weighted by atomic mass is 32.1. The highest BCUT2D eigenvalue weighted by Crippen LogP contribution is 2.21. The fourth-order valence-electron chi connectivity index (χ4n) is 2.84. The molecule has 1 unspecified atom stereocenters. The van der Waals surface area contributed by atoms with Gasteiger partial charge in [0.1, 0.15) is 4.88 Å². The van der Waals surface area contributed by atoms with Gasteiger partial charge in [0.2, 0.25) is 0 Å². The summed E-state index contributed by atoms with van der Waals surface area (Å²) in [6.07, 6.45) is 0.322. The van der Waals surface area contributed by atoms with E-state index in [0.717, 1.165) is 29.8 Å². The predicted octanol–water partition coefficient (Wildman–Crippen LogP) is 3.15. The standard InChI is InChI=1S/C21H24N4O2S/c1-14-19(28-21(22)24-14)20(27)25-17-9-7-15(8-10-17)11-12-23-13-18(26)16-5-3-2-4-6-16/h2-10,18,23,26H,11-13H2,1H3,(H2,22,24)(H,25,27). The van der Waals surface area contributed by atoms with Gasteiger partial charge < -0.3 is 21.5 Å². The topological polar surface area (TPSA) is 100 Å². The third kappa shape index (κ3) is 5.39. The molecule has 0 aliphatic carbocycles. The second kappa shape index (κ2) is 9.45. The number of aliphatic hydroxyl groups excluding tert-OH is 1. The van der Waals surface area contributed by atoms with Crippen LogP contribution in [0.3, 0.4) is 0 Å². The van der Waals surface area contributed by atoms with Crippen molar-refractivity contribution in [2.45, 2.75) is 19.4 Å². The van der Waals surface area contributed by atoms with Crippen molar-refractivity contribution in [1.29, 1.82) is 0 Å². The quantitative estimate of drug-likeness (QED) is 0.438. The second-order valence-corrected chi connectivity index (χ2v) is 7.53. The number of nitrogens with one attached hydrogen (secondary N) is 2. The maximum absolute atomic E-state index is 12.3. The van der Waals surface area contributed by atoms with Gasteiger partial charge in [0, 0.05) is 12.2 Å². The number of nitrogens with zero attached hydrogens (tertiary/aromatic N) is 1. The first-order chi connectivity index (χ1) is 13.5. The van der Waals surface area contributed by atoms with Gasteiger partial charge in [-0.1, -0.05) is 53.8 Å². The Balaban J connectivity index is 1.44. The first-order valence-electron chi connectivity index (χ1n) is 9.10. The number of anilines is 2. The molecule has 1 atom stereocenters. The van der Waals surface area contributed by atoms with Crippen LogP contribution in [0.25, 0.3) is 0 Å². The van der Waals surface area contributed by atoms with E-state index in [0.29, 0.717) is 22.2 Å². The number of benzene rings is 2. The summed E-state index contributed by atoms with van der Waals surface area (Å²) in [5, 5.41) is 16.7. The van der Waals surface area contributed by atoms with Crippen LogP contribution in [0.4, 0.5) is 10.8 Å². The molecule has 28 heavy (non-hydrogen) atoms. The number of aliphatic hydroxyl groups is 1. The van der Waals surface area contributed by atoms with Gasteiger partial charge in [-0.25, -0.2) is 4.98 Å². The Bertz CT molecular complexity index is 910. The Hall–Kier alpha value is -2.74. The summed E-state index contributed by atoms with van der Waals surface area (Å²) in [5.41, 5.74) is 9.08. The van der Waals surface area contributed by atoms with Gasteiger partial charge in [-0.15, -0.1) is 0 Å².